The van der Waals surface area contributed by atoms with Crippen LogP contribution in [-0.4, -0.2) is 39.8 Å². The zero-order chi connectivity index (χ0) is 13.0. The van der Waals surface area contributed by atoms with Gasteiger partial charge in [0.15, 0.2) is 5.82 Å². The molecule has 1 aliphatic rings. The molecule has 2 heterocycles. The fraction of sp³-hybridized carbons (Fsp3) is 0.846. The van der Waals surface area contributed by atoms with Gasteiger partial charge in [-0.2, -0.15) is 4.98 Å². The minimum Gasteiger partial charge on any atom is -0.396 e. The smallest absolute Gasteiger partial charge is 0.240 e. The molecule has 1 unspecified atom stereocenters. The number of hydrogen-bond acceptors (Lipinski definition) is 5. The third-order valence-electron chi connectivity index (χ3n) is 3.50. The molecular weight excluding hydrogens is 230 g/mol. The highest BCUT2D eigenvalue weighted by Crippen LogP contribution is 2.21. The Kier molecular flexibility index (Phi) is 4.72. The van der Waals surface area contributed by atoms with E-state index in [2.05, 4.69) is 28.9 Å². The summed E-state index contributed by atoms with van der Waals surface area (Å²) in [7, 11) is 0. The van der Waals surface area contributed by atoms with E-state index in [1.807, 2.05) is 0 Å². The Morgan fingerprint density at radius 3 is 3.00 bits per heavy atom. The molecule has 18 heavy (non-hydrogen) atoms. The number of likely N-dealkylation sites (tertiary alicyclic amines) is 1. The molecule has 1 aromatic heterocycles. The van der Waals surface area contributed by atoms with Crippen LogP contribution in [0.1, 0.15) is 50.7 Å². The summed E-state index contributed by atoms with van der Waals surface area (Å²) >= 11 is 0. The quantitative estimate of drug-likeness (QED) is 0.866. The maximum absolute atomic E-state index is 9.00. The third kappa shape index (κ3) is 3.53. The number of rotatable bonds is 5. The van der Waals surface area contributed by atoms with Gasteiger partial charge in [0, 0.05) is 19.1 Å². The second kappa shape index (κ2) is 6.29. The Balaban J connectivity index is 1.87. The Bertz CT molecular complexity index is 363. The molecule has 1 saturated heterocycles. The first-order valence-electron chi connectivity index (χ1n) is 6.84. The van der Waals surface area contributed by atoms with Crippen LogP contribution in [0.2, 0.25) is 0 Å². The summed E-state index contributed by atoms with van der Waals surface area (Å²) in [5.41, 5.74) is 0. The fourth-order valence-electron chi connectivity index (χ4n) is 2.47. The van der Waals surface area contributed by atoms with E-state index in [1.165, 1.54) is 12.8 Å². The summed E-state index contributed by atoms with van der Waals surface area (Å²) in [4.78, 5) is 6.75. The van der Waals surface area contributed by atoms with E-state index in [4.69, 9.17) is 9.63 Å². The van der Waals surface area contributed by atoms with E-state index >= 15 is 0 Å². The highest BCUT2D eigenvalue weighted by molar-refractivity contribution is 4.92. The van der Waals surface area contributed by atoms with Crippen LogP contribution in [0.15, 0.2) is 4.52 Å². The molecule has 2 rings (SSSR count). The summed E-state index contributed by atoms with van der Waals surface area (Å²) in [5, 5.41) is 13.0. The van der Waals surface area contributed by atoms with Gasteiger partial charge in [0.1, 0.15) is 0 Å². The molecule has 0 saturated carbocycles. The number of hydrogen-bond donors (Lipinski definition) is 1. The molecule has 0 aliphatic carbocycles. The van der Waals surface area contributed by atoms with E-state index in [0.717, 1.165) is 31.9 Å². The van der Waals surface area contributed by atoms with Crippen LogP contribution in [-0.2, 0) is 6.54 Å². The first kappa shape index (κ1) is 13.5. The van der Waals surface area contributed by atoms with Gasteiger partial charge in [-0.25, -0.2) is 0 Å². The fourth-order valence-corrected chi connectivity index (χ4v) is 2.47. The Labute approximate surface area is 108 Å². The third-order valence-corrected chi connectivity index (χ3v) is 3.50. The van der Waals surface area contributed by atoms with Gasteiger partial charge in [0.25, 0.3) is 0 Å². The largest absolute Gasteiger partial charge is 0.396 e. The monoisotopic (exact) mass is 253 g/mol. The van der Waals surface area contributed by atoms with Gasteiger partial charge in [-0.1, -0.05) is 19.0 Å². The minimum absolute atomic E-state index is 0.288. The number of aliphatic hydroxyl groups excluding tert-OH is 1. The summed E-state index contributed by atoms with van der Waals surface area (Å²) in [5.74, 6) is 2.42. The van der Waals surface area contributed by atoms with E-state index in [1.54, 1.807) is 0 Å². The van der Waals surface area contributed by atoms with Gasteiger partial charge < -0.3 is 9.63 Å². The van der Waals surface area contributed by atoms with Crippen molar-refractivity contribution >= 4 is 0 Å². The molecule has 0 amide bonds. The van der Waals surface area contributed by atoms with Crippen molar-refractivity contribution in [1.82, 2.24) is 15.0 Å². The van der Waals surface area contributed by atoms with Crippen LogP contribution in [0.3, 0.4) is 0 Å². The van der Waals surface area contributed by atoms with E-state index in [0.29, 0.717) is 17.7 Å². The summed E-state index contributed by atoms with van der Waals surface area (Å²) in [6.07, 6.45) is 3.31. The molecule has 102 valence electrons. The van der Waals surface area contributed by atoms with Gasteiger partial charge in [-0.05, 0) is 31.7 Å². The molecule has 1 fully saturated rings. The van der Waals surface area contributed by atoms with Crippen LogP contribution >= 0.6 is 0 Å². The van der Waals surface area contributed by atoms with Gasteiger partial charge in [0.05, 0.1) is 6.54 Å². The van der Waals surface area contributed by atoms with Gasteiger partial charge in [-0.15, -0.1) is 0 Å². The van der Waals surface area contributed by atoms with E-state index < -0.39 is 0 Å². The second-order valence-electron chi connectivity index (χ2n) is 5.46. The normalized spacial score (nSPS) is 21.7. The first-order valence-corrected chi connectivity index (χ1v) is 6.84. The highest BCUT2D eigenvalue weighted by Gasteiger charge is 2.21. The lowest BCUT2D eigenvalue weighted by Gasteiger charge is -2.31. The van der Waals surface area contributed by atoms with E-state index in [-0.39, 0.29) is 6.61 Å². The Morgan fingerprint density at radius 1 is 1.50 bits per heavy atom. The standard InChI is InChI=1S/C13H23N3O2/c1-10(2)13-14-12(18-15-13)9-16-6-3-4-11(8-16)5-7-17/h10-11,17H,3-9H2,1-2H3. The summed E-state index contributed by atoms with van der Waals surface area (Å²) in [6.45, 7) is 7.26. The maximum Gasteiger partial charge on any atom is 0.240 e. The van der Waals surface area contributed by atoms with Gasteiger partial charge >= 0.3 is 0 Å². The predicted molar refractivity (Wildman–Crippen MR) is 68.1 cm³/mol. The number of piperidine rings is 1. The summed E-state index contributed by atoms with van der Waals surface area (Å²) < 4.78 is 5.27. The molecule has 0 bridgehead atoms. The summed E-state index contributed by atoms with van der Waals surface area (Å²) in [6, 6.07) is 0. The number of aliphatic hydroxyl groups is 1. The van der Waals surface area contributed by atoms with E-state index in [9.17, 15) is 0 Å². The van der Waals surface area contributed by atoms with Crippen LogP contribution in [0, 0.1) is 5.92 Å². The van der Waals surface area contributed by atoms with Crippen molar-refractivity contribution in [3.8, 4) is 0 Å². The zero-order valence-electron chi connectivity index (χ0n) is 11.3. The molecule has 1 atom stereocenters. The van der Waals surface area contributed by atoms with Gasteiger partial charge in [-0.3, -0.25) is 4.90 Å². The average molecular weight is 253 g/mol. The van der Waals surface area contributed by atoms with Crippen molar-refractivity contribution in [2.24, 2.45) is 5.92 Å². The van der Waals surface area contributed by atoms with Crippen LogP contribution in [0.25, 0.3) is 0 Å². The molecule has 1 aromatic rings. The van der Waals surface area contributed by atoms with Crippen LogP contribution in [0.5, 0.6) is 0 Å². The van der Waals surface area contributed by atoms with Crippen molar-refractivity contribution < 1.29 is 9.63 Å². The topological polar surface area (TPSA) is 62.4 Å². The van der Waals surface area contributed by atoms with Gasteiger partial charge in [0.2, 0.25) is 5.89 Å². The number of nitrogens with zero attached hydrogens (tertiary/aromatic N) is 3. The van der Waals surface area contributed by atoms with Crippen molar-refractivity contribution in [2.45, 2.75) is 45.6 Å². The molecule has 0 radical (unpaired) electrons. The second-order valence-corrected chi connectivity index (χ2v) is 5.46. The maximum atomic E-state index is 9.00. The van der Waals surface area contributed by atoms with Crippen LogP contribution < -0.4 is 0 Å². The average Bonchev–Trinajstić information content (AvgIpc) is 2.78. The predicted octanol–water partition coefficient (Wildman–Crippen LogP) is 1.79. The highest BCUT2D eigenvalue weighted by atomic mass is 16.5. The number of aromatic nitrogens is 2. The van der Waals surface area contributed by atoms with Crippen molar-refractivity contribution in [3.63, 3.8) is 0 Å². The minimum atomic E-state index is 0.288. The Hall–Kier alpha value is -0.940. The van der Waals surface area contributed by atoms with Crippen molar-refractivity contribution in [3.05, 3.63) is 11.7 Å². The molecular formula is C13H23N3O2. The lowest BCUT2D eigenvalue weighted by molar-refractivity contribution is 0.130. The SMILES string of the molecule is CC(C)c1noc(CN2CCCC(CCO)C2)n1. The first-order chi connectivity index (χ1) is 8.69. The van der Waals surface area contributed by atoms with Crippen molar-refractivity contribution in [1.29, 1.82) is 0 Å². The Morgan fingerprint density at radius 2 is 2.33 bits per heavy atom. The molecule has 1 N–H and O–H groups in total. The lowest BCUT2D eigenvalue weighted by Crippen LogP contribution is -2.35. The zero-order valence-corrected chi connectivity index (χ0v) is 11.3. The lowest BCUT2D eigenvalue weighted by atomic mass is 9.95. The van der Waals surface area contributed by atoms with Crippen LogP contribution in [0.4, 0.5) is 0 Å². The molecule has 1 aliphatic heterocycles. The molecule has 5 heteroatoms. The molecule has 0 aromatic carbocycles. The molecule has 5 nitrogen and oxygen atoms in total. The van der Waals surface area contributed by atoms with Crippen molar-refractivity contribution in [2.75, 3.05) is 19.7 Å². The molecule has 0 spiro atoms.